The molecule has 0 radical (unpaired) electrons. The minimum absolute atomic E-state index is 0.0498. The zero-order valence-electron chi connectivity index (χ0n) is 17.2. The number of carbonyl (C=O) groups is 1. The van der Waals surface area contributed by atoms with Crippen molar-refractivity contribution in [2.24, 2.45) is 0 Å². The molecule has 0 unspecified atom stereocenters. The zero-order valence-corrected chi connectivity index (χ0v) is 18.8. The molecule has 0 spiro atoms. The second kappa shape index (κ2) is 9.71. The van der Waals surface area contributed by atoms with E-state index in [9.17, 15) is 30.4 Å². The first-order valence-corrected chi connectivity index (χ1v) is 12.5. The van der Waals surface area contributed by atoms with E-state index in [2.05, 4.69) is 5.32 Å². The van der Waals surface area contributed by atoms with E-state index in [4.69, 9.17) is 0 Å². The summed E-state index contributed by atoms with van der Waals surface area (Å²) in [7, 11) is -7.64. The number of hydrogen-bond donors (Lipinski definition) is 1. The SMILES string of the molecule is CCN(CC)S(=O)(=O)c1ccc(NC(=O)CN(c2ccc(F)c(F)c2)S(C)(=O)=O)cc1. The quantitative estimate of drug-likeness (QED) is 0.600. The van der Waals surface area contributed by atoms with Crippen LogP contribution in [0.1, 0.15) is 13.8 Å². The fourth-order valence-electron chi connectivity index (χ4n) is 2.79. The third kappa shape index (κ3) is 5.99. The Bertz CT molecular complexity index is 1150. The summed E-state index contributed by atoms with van der Waals surface area (Å²) in [6.07, 6.45) is 0.828. The maximum atomic E-state index is 13.5. The van der Waals surface area contributed by atoms with Gasteiger partial charge in [0.05, 0.1) is 16.8 Å². The van der Waals surface area contributed by atoms with Gasteiger partial charge in [-0.1, -0.05) is 13.8 Å². The van der Waals surface area contributed by atoms with Crippen LogP contribution in [0.5, 0.6) is 0 Å². The van der Waals surface area contributed by atoms with Crippen molar-refractivity contribution in [1.82, 2.24) is 4.31 Å². The van der Waals surface area contributed by atoms with E-state index in [1.165, 1.54) is 28.6 Å². The third-order valence-electron chi connectivity index (χ3n) is 4.36. The molecule has 0 saturated carbocycles. The molecule has 12 heteroatoms. The number of halogens is 2. The Morgan fingerprint density at radius 3 is 2.00 bits per heavy atom. The number of carbonyl (C=O) groups excluding carboxylic acids is 1. The maximum Gasteiger partial charge on any atom is 0.245 e. The van der Waals surface area contributed by atoms with Gasteiger partial charge in [0, 0.05) is 24.8 Å². The lowest BCUT2D eigenvalue weighted by Crippen LogP contribution is -2.37. The van der Waals surface area contributed by atoms with Crippen LogP contribution in [0.4, 0.5) is 20.2 Å². The van der Waals surface area contributed by atoms with Crippen LogP contribution in [0.3, 0.4) is 0 Å². The van der Waals surface area contributed by atoms with Crippen LogP contribution >= 0.6 is 0 Å². The van der Waals surface area contributed by atoms with Crippen molar-refractivity contribution in [1.29, 1.82) is 0 Å². The van der Waals surface area contributed by atoms with Gasteiger partial charge in [-0.15, -0.1) is 0 Å². The molecule has 170 valence electrons. The van der Waals surface area contributed by atoms with Crippen molar-refractivity contribution in [2.45, 2.75) is 18.7 Å². The molecule has 0 fully saturated rings. The molecule has 0 aliphatic rings. The molecular weight excluding hydrogens is 452 g/mol. The van der Waals surface area contributed by atoms with Gasteiger partial charge in [-0.25, -0.2) is 25.6 Å². The number of nitrogens with one attached hydrogen (secondary N) is 1. The van der Waals surface area contributed by atoms with Gasteiger partial charge in [0.1, 0.15) is 6.54 Å². The molecule has 0 saturated heterocycles. The van der Waals surface area contributed by atoms with Crippen LogP contribution < -0.4 is 9.62 Å². The second-order valence-corrected chi connectivity index (χ2v) is 10.4. The largest absolute Gasteiger partial charge is 0.325 e. The third-order valence-corrected chi connectivity index (χ3v) is 7.56. The molecule has 31 heavy (non-hydrogen) atoms. The molecule has 0 aliphatic carbocycles. The molecule has 8 nitrogen and oxygen atoms in total. The molecule has 2 rings (SSSR count). The van der Waals surface area contributed by atoms with Crippen LogP contribution in [0.15, 0.2) is 47.4 Å². The summed E-state index contributed by atoms with van der Waals surface area (Å²) in [5, 5.41) is 2.45. The van der Waals surface area contributed by atoms with E-state index >= 15 is 0 Å². The lowest BCUT2D eigenvalue weighted by molar-refractivity contribution is -0.114. The van der Waals surface area contributed by atoms with Gasteiger partial charge < -0.3 is 5.32 Å². The summed E-state index contributed by atoms with van der Waals surface area (Å²) in [6.45, 7) is 3.36. The monoisotopic (exact) mass is 475 g/mol. The van der Waals surface area contributed by atoms with E-state index in [1.807, 2.05) is 0 Å². The van der Waals surface area contributed by atoms with Gasteiger partial charge in [0.2, 0.25) is 26.0 Å². The van der Waals surface area contributed by atoms with Crippen molar-refractivity contribution in [3.63, 3.8) is 0 Å². The molecule has 0 atom stereocenters. The number of amides is 1. The van der Waals surface area contributed by atoms with E-state index in [-0.39, 0.29) is 16.3 Å². The van der Waals surface area contributed by atoms with Gasteiger partial charge in [-0.05, 0) is 36.4 Å². The molecular formula is C19H23F2N3O5S2. The summed E-state index contributed by atoms with van der Waals surface area (Å²) in [5.41, 5.74) is 0.0273. The number of hydrogen-bond acceptors (Lipinski definition) is 5. The Kier molecular flexibility index (Phi) is 7.73. The van der Waals surface area contributed by atoms with Gasteiger partial charge in [0.25, 0.3) is 0 Å². The van der Waals surface area contributed by atoms with E-state index in [0.717, 1.165) is 18.4 Å². The molecule has 2 aromatic carbocycles. The first-order chi connectivity index (χ1) is 14.4. The fourth-order valence-corrected chi connectivity index (χ4v) is 5.10. The predicted octanol–water partition coefficient (Wildman–Crippen LogP) is 2.40. The van der Waals surface area contributed by atoms with E-state index in [1.54, 1.807) is 13.8 Å². The molecule has 0 bridgehead atoms. The van der Waals surface area contributed by atoms with Crippen LogP contribution in [0.25, 0.3) is 0 Å². The predicted molar refractivity (Wildman–Crippen MR) is 114 cm³/mol. The first kappa shape index (κ1) is 24.7. The highest BCUT2D eigenvalue weighted by atomic mass is 32.2. The summed E-state index contributed by atoms with van der Waals surface area (Å²) < 4.78 is 77.7. The Hall–Kier alpha value is -2.57. The average molecular weight is 476 g/mol. The van der Waals surface area contributed by atoms with Crippen molar-refractivity contribution < 1.29 is 30.4 Å². The smallest absolute Gasteiger partial charge is 0.245 e. The number of benzene rings is 2. The van der Waals surface area contributed by atoms with Gasteiger partial charge >= 0.3 is 0 Å². The topological polar surface area (TPSA) is 104 Å². The highest BCUT2D eigenvalue weighted by Crippen LogP contribution is 2.21. The highest BCUT2D eigenvalue weighted by Gasteiger charge is 2.23. The number of anilines is 2. The Morgan fingerprint density at radius 1 is 0.935 bits per heavy atom. The molecule has 2 aromatic rings. The molecule has 0 aromatic heterocycles. The maximum absolute atomic E-state index is 13.5. The molecule has 0 aliphatic heterocycles. The minimum atomic E-state index is -3.98. The Labute approximate surface area is 180 Å². The standard InChI is InChI=1S/C19H23F2N3O5S2/c1-4-23(5-2)31(28,29)16-9-6-14(7-10-16)22-19(25)13-24(30(3,26)27)15-8-11-17(20)18(21)12-15/h6-12H,4-5,13H2,1-3H3,(H,22,25). The van der Waals surface area contributed by atoms with Crippen LogP contribution in [-0.2, 0) is 24.8 Å². The minimum Gasteiger partial charge on any atom is -0.325 e. The van der Waals surface area contributed by atoms with Crippen molar-refractivity contribution in [3.05, 3.63) is 54.1 Å². The van der Waals surface area contributed by atoms with Gasteiger partial charge in [-0.3, -0.25) is 9.10 Å². The number of rotatable bonds is 9. The summed E-state index contributed by atoms with van der Waals surface area (Å²) in [4.78, 5) is 12.4. The fraction of sp³-hybridized carbons (Fsp3) is 0.316. The molecule has 0 heterocycles. The van der Waals surface area contributed by atoms with Gasteiger partial charge in [-0.2, -0.15) is 4.31 Å². The second-order valence-electron chi connectivity index (χ2n) is 6.53. The number of nitrogens with zero attached hydrogens (tertiary/aromatic N) is 2. The lowest BCUT2D eigenvalue weighted by Gasteiger charge is -2.22. The normalized spacial score (nSPS) is 12.1. The summed E-state index contributed by atoms with van der Waals surface area (Å²) in [5.74, 6) is -3.16. The van der Waals surface area contributed by atoms with Crippen molar-refractivity contribution in [3.8, 4) is 0 Å². The summed E-state index contributed by atoms with van der Waals surface area (Å²) >= 11 is 0. The highest BCUT2D eigenvalue weighted by molar-refractivity contribution is 7.92. The van der Waals surface area contributed by atoms with Crippen LogP contribution in [-0.4, -0.2) is 52.9 Å². The Balaban J connectivity index is 2.19. The Morgan fingerprint density at radius 2 is 1.52 bits per heavy atom. The average Bonchev–Trinajstić information content (AvgIpc) is 2.68. The van der Waals surface area contributed by atoms with Crippen molar-refractivity contribution >= 4 is 37.3 Å². The van der Waals surface area contributed by atoms with E-state index in [0.29, 0.717) is 23.5 Å². The van der Waals surface area contributed by atoms with Gasteiger partial charge in [0.15, 0.2) is 11.6 Å². The van der Waals surface area contributed by atoms with Crippen molar-refractivity contribution in [2.75, 3.05) is 35.5 Å². The zero-order chi connectivity index (χ0) is 23.4. The molecule has 1 amide bonds. The number of sulfonamides is 2. The summed E-state index contributed by atoms with van der Waals surface area (Å²) in [6, 6.07) is 7.87. The molecule has 1 N–H and O–H groups in total. The van der Waals surface area contributed by atoms with Crippen LogP contribution in [0, 0.1) is 11.6 Å². The first-order valence-electron chi connectivity index (χ1n) is 9.23. The van der Waals surface area contributed by atoms with Crippen LogP contribution in [0.2, 0.25) is 0 Å². The van der Waals surface area contributed by atoms with E-state index < -0.39 is 44.1 Å². The lowest BCUT2D eigenvalue weighted by atomic mass is 10.3.